The fraction of sp³-hybridized carbons (Fsp3) is 0.278. The summed E-state index contributed by atoms with van der Waals surface area (Å²) >= 11 is 13.4. The fourth-order valence-electron chi connectivity index (χ4n) is 2.64. The summed E-state index contributed by atoms with van der Waals surface area (Å²) in [5.41, 5.74) is 1.61. The molecule has 1 unspecified atom stereocenters. The van der Waals surface area contributed by atoms with Crippen molar-refractivity contribution < 1.29 is 4.79 Å². The van der Waals surface area contributed by atoms with E-state index in [0.717, 1.165) is 5.56 Å². The first-order valence-electron chi connectivity index (χ1n) is 8.12. The molecule has 2 aromatic heterocycles. The Morgan fingerprint density at radius 3 is 2.65 bits per heavy atom. The number of benzene rings is 1. The molecule has 3 rings (SSSR count). The summed E-state index contributed by atoms with van der Waals surface area (Å²) < 4.78 is 1.69. The quantitative estimate of drug-likeness (QED) is 0.603. The Labute approximate surface area is 166 Å². The number of amides is 1. The van der Waals surface area contributed by atoms with Crippen molar-refractivity contribution in [2.45, 2.75) is 25.0 Å². The number of aromatic nitrogens is 3. The number of thioether (sulfide) groups is 1. The van der Waals surface area contributed by atoms with E-state index in [2.05, 4.69) is 29.4 Å². The van der Waals surface area contributed by atoms with Crippen LogP contribution in [-0.2, 0) is 4.79 Å². The molecule has 0 radical (unpaired) electrons. The minimum atomic E-state index is -0.0672. The SMILES string of the molecule is CC(C)C(NC(=O)CSc1nnc2c(Cl)cc(Cl)cn12)c1ccccc1. The predicted molar refractivity (Wildman–Crippen MR) is 106 cm³/mol. The van der Waals surface area contributed by atoms with E-state index < -0.39 is 0 Å². The first kappa shape index (κ1) is 19.0. The van der Waals surface area contributed by atoms with E-state index >= 15 is 0 Å². The lowest BCUT2D eigenvalue weighted by Crippen LogP contribution is -2.33. The third-order valence-corrected chi connectivity index (χ3v) is 5.30. The topological polar surface area (TPSA) is 59.3 Å². The van der Waals surface area contributed by atoms with Gasteiger partial charge in [-0.1, -0.05) is 79.1 Å². The van der Waals surface area contributed by atoms with Crippen molar-refractivity contribution in [1.29, 1.82) is 0 Å². The van der Waals surface area contributed by atoms with Crippen LogP contribution in [0.25, 0.3) is 5.65 Å². The summed E-state index contributed by atoms with van der Waals surface area (Å²) in [7, 11) is 0. The number of carbonyl (C=O) groups excluding carboxylic acids is 1. The van der Waals surface area contributed by atoms with Crippen molar-refractivity contribution in [2.75, 3.05) is 5.75 Å². The van der Waals surface area contributed by atoms with Crippen LogP contribution in [-0.4, -0.2) is 26.3 Å². The van der Waals surface area contributed by atoms with Crippen LogP contribution in [0.15, 0.2) is 47.8 Å². The second-order valence-electron chi connectivity index (χ2n) is 6.17. The number of nitrogens with zero attached hydrogens (tertiary/aromatic N) is 3. The van der Waals surface area contributed by atoms with Gasteiger partial charge in [-0.05, 0) is 17.5 Å². The molecule has 0 aliphatic carbocycles. The molecular formula is C18H18Cl2N4OS. The molecule has 26 heavy (non-hydrogen) atoms. The van der Waals surface area contributed by atoms with Crippen LogP contribution in [0, 0.1) is 5.92 Å². The summed E-state index contributed by atoms with van der Waals surface area (Å²) in [6.45, 7) is 4.17. The smallest absolute Gasteiger partial charge is 0.230 e. The zero-order valence-corrected chi connectivity index (χ0v) is 16.6. The summed E-state index contributed by atoms with van der Waals surface area (Å²) in [6.07, 6.45) is 1.68. The third-order valence-electron chi connectivity index (χ3n) is 3.87. The summed E-state index contributed by atoms with van der Waals surface area (Å²) in [5.74, 6) is 0.432. The summed E-state index contributed by atoms with van der Waals surface area (Å²) in [4.78, 5) is 12.5. The molecule has 8 heteroatoms. The van der Waals surface area contributed by atoms with Gasteiger partial charge in [0, 0.05) is 6.20 Å². The fourth-order valence-corrected chi connectivity index (χ4v) is 3.87. The van der Waals surface area contributed by atoms with Gasteiger partial charge in [-0.15, -0.1) is 10.2 Å². The Kier molecular flexibility index (Phi) is 6.06. The molecule has 1 N–H and O–H groups in total. The van der Waals surface area contributed by atoms with Crippen LogP contribution in [0.5, 0.6) is 0 Å². The first-order valence-corrected chi connectivity index (χ1v) is 9.86. The molecule has 136 valence electrons. The molecule has 2 heterocycles. The highest BCUT2D eigenvalue weighted by Crippen LogP contribution is 2.26. The number of carbonyl (C=O) groups is 1. The average Bonchev–Trinajstić information content (AvgIpc) is 3.01. The molecule has 0 bridgehead atoms. The van der Waals surface area contributed by atoms with Crippen LogP contribution in [0.2, 0.25) is 10.0 Å². The molecule has 1 aromatic carbocycles. The van der Waals surface area contributed by atoms with E-state index in [1.165, 1.54) is 11.8 Å². The highest BCUT2D eigenvalue weighted by atomic mass is 35.5. The predicted octanol–water partition coefficient (Wildman–Crippen LogP) is 4.64. The van der Waals surface area contributed by atoms with Gasteiger partial charge in [0.2, 0.25) is 5.91 Å². The molecule has 1 amide bonds. The van der Waals surface area contributed by atoms with Crippen molar-refractivity contribution in [2.24, 2.45) is 5.92 Å². The molecule has 0 aliphatic rings. The van der Waals surface area contributed by atoms with Crippen LogP contribution in [0.4, 0.5) is 0 Å². The van der Waals surface area contributed by atoms with Gasteiger partial charge >= 0.3 is 0 Å². The molecule has 0 spiro atoms. The summed E-state index contributed by atoms with van der Waals surface area (Å²) in [5, 5.41) is 12.7. The van der Waals surface area contributed by atoms with Gasteiger partial charge < -0.3 is 5.32 Å². The van der Waals surface area contributed by atoms with E-state index in [0.29, 0.717) is 20.8 Å². The highest BCUT2D eigenvalue weighted by Gasteiger charge is 2.19. The number of halogens is 2. The minimum absolute atomic E-state index is 0.0386. The van der Waals surface area contributed by atoms with Crippen LogP contribution in [0.1, 0.15) is 25.5 Å². The van der Waals surface area contributed by atoms with Crippen molar-refractivity contribution in [3.8, 4) is 0 Å². The lowest BCUT2D eigenvalue weighted by Gasteiger charge is -2.22. The first-order chi connectivity index (χ1) is 12.5. The zero-order valence-electron chi connectivity index (χ0n) is 14.3. The third kappa shape index (κ3) is 4.31. The number of hydrogen-bond donors (Lipinski definition) is 1. The Morgan fingerprint density at radius 2 is 1.96 bits per heavy atom. The van der Waals surface area contributed by atoms with Gasteiger partial charge in [0.25, 0.3) is 0 Å². The highest BCUT2D eigenvalue weighted by molar-refractivity contribution is 7.99. The number of hydrogen-bond acceptors (Lipinski definition) is 4. The second kappa shape index (κ2) is 8.29. The van der Waals surface area contributed by atoms with Crippen molar-refractivity contribution in [1.82, 2.24) is 19.9 Å². The maximum atomic E-state index is 12.5. The molecule has 0 saturated heterocycles. The lowest BCUT2D eigenvalue weighted by atomic mass is 9.96. The molecule has 0 fully saturated rings. The molecule has 0 saturated carbocycles. The standard InChI is InChI=1S/C18H18Cl2N4OS/c1-11(2)16(12-6-4-3-5-7-12)21-15(25)10-26-18-23-22-17-14(20)8-13(19)9-24(17)18/h3-9,11,16H,10H2,1-2H3,(H,21,25). The van der Waals surface area contributed by atoms with Gasteiger partial charge in [0.15, 0.2) is 10.8 Å². The average molecular weight is 409 g/mol. The normalized spacial score (nSPS) is 12.5. The van der Waals surface area contributed by atoms with E-state index in [9.17, 15) is 4.79 Å². The number of rotatable bonds is 6. The molecule has 3 aromatic rings. The maximum Gasteiger partial charge on any atom is 0.230 e. The maximum absolute atomic E-state index is 12.5. The zero-order chi connectivity index (χ0) is 18.7. The van der Waals surface area contributed by atoms with Crippen LogP contribution in [0.3, 0.4) is 0 Å². The number of nitrogens with one attached hydrogen (secondary N) is 1. The van der Waals surface area contributed by atoms with Gasteiger partial charge in [-0.25, -0.2) is 0 Å². The van der Waals surface area contributed by atoms with Crippen molar-refractivity contribution in [3.05, 3.63) is 58.2 Å². The largest absolute Gasteiger partial charge is 0.348 e. The van der Waals surface area contributed by atoms with Crippen molar-refractivity contribution >= 4 is 46.5 Å². The van der Waals surface area contributed by atoms with Crippen LogP contribution < -0.4 is 5.32 Å². The Hall–Kier alpha value is -1.76. The summed E-state index contributed by atoms with van der Waals surface area (Å²) in [6, 6.07) is 11.5. The molecular weight excluding hydrogens is 391 g/mol. The Balaban J connectivity index is 1.69. The Morgan fingerprint density at radius 1 is 1.23 bits per heavy atom. The van der Waals surface area contributed by atoms with E-state index in [1.54, 1.807) is 16.7 Å². The van der Waals surface area contributed by atoms with Crippen molar-refractivity contribution in [3.63, 3.8) is 0 Å². The Bertz CT molecular complexity index is 914. The van der Waals surface area contributed by atoms with E-state index in [-0.39, 0.29) is 23.6 Å². The van der Waals surface area contributed by atoms with Gasteiger partial charge in [-0.2, -0.15) is 0 Å². The number of pyridine rings is 1. The molecule has 0 aliphatic heterocycles. The minimum Gasteiger partial charge on any atom is -0.348 e. The van der Waals surface area contributed by atoms with Gasteiger partial charge in [-0.3, -0.25) is 9.20 Å². The lowest BCUT2D eigenvalue weighted by molar-refractivity contribution is -0.119. The molecule has 5 nitrogen and oxygen atoms in total. The van der Waals surface area contributed by atoms with E-state index in [4.69, 9.17) is 23.2 Å². The monoisotopic (exact) mass is 408 g/mol. The van der Waals surface area contributed by atoms with E-state index in [1.807, 2.05) is 30.3 Å². The number of fused-ring (bicyclic) bond motifs is 1. The van der Waals surface area contributed by atoms with Gasteiger partial charge in [0.05, 0.1) is 21.8 Å². The van der Waals surface area contributed by atoms with Crippen LogP contribution >= 0.6 is 35.0 Å². The second-order valence-corrected chi connectivity index (χ2v) is 7.96. The van der Waals surface area contributed by atoms with Gasteiger partial charge in [0.1, 0.15) is 0 Å². The molecule has 1 atom stereocenters.